The molecular formula is C21H23NO5. The number of rotatable bonds is 3. The zero-order valence-corrected chi connectivity index (χ0v) is 16.0. The fourth-order valence-corrected chi connectivity index (χ4v) is 3.86. The molecule has 142 valence electrons. The fourth-order valence-electron chi connectivity index (χ4n) is 3.86. The number of hydrogen-bond donors (Lipinski definition) is 0. The van der Waals surface area contributed by atoms with Gasteiger partial charge < -0.3 is 23.8 Å². The van der Waals surface area contributed by atoms with Gasteiger partial charge in [-0.1, -0.05) is 13.8 Å². The lowest BCUT2D eigenvalue weighted by molar-refractivity contribution is 0.0685. The summed E-state index contributed by atoms with van der Waals surface area (Å²) in [4.78, 5) is 15.0. The van der Waals surface area contributed by atoms with Crippen LogP contribution in [-0.2, 0) is 12.0 Å². The molecule has 0 unspecified atom stereocenters. The van der Waals surface area contributed by atoms with Gasteiger partial charge >= 0.3 is 0 Å². The smallest absolute Gasteiger partial charge is 0.254 e. The second-order valence-corrected chi connectivity index (χ2v) is 7.48. The van der Waals surface area contributed by atoms with Gasteiger partial charge in [0.05, 0.1) is 14.2 Å². The molecule has 0 radical (unpaired) electrons. The van der Waals surface area contributed by atoms with Gasteiger partial charge in [-0.2, -0.15) is 0 Å². The number of ether oxygens (including phenoxy) is 4. The maximum Gasteiger partial charge on any atom is 0.254 e. The van der Waals surface area contributed by atoms with E-state index in [0.29, 0.717) is 41.7 Å². The van der Waals surface area contributed by atoms with E-state index in [1.165, 1.54) is 5.56 Å². The van der Waals surface area contributed by atoms with Crippen molar-refractivity contribution in [2.75, 3.05) is 27.6 Å². The fraction of sp³-hybridized carbons (Fsp3) is 0.381. The summed E-state index contributed by atoms with van der Waals surface area (Å²) in [7, 11) is 3.25. The van der Waals surface area contributed by atoms with Crippen molar-refractivity contribution in [2.24, 2.45) is 0 Å². The predicted octanol–water partition coefficient (Wildman–Crippen LogP) is 3.37. The Labute approximate surface area is 158 Å². The summed E-state index contributed by atoms with van der Waals surface area (Å²) in [5.41, 5.74) is 2.63. The topological polar surface area (TPSA) is 57.2 Å². The van der Waals surface area contributed by atoms with Crippen LogP contribution in [0.25, 0.3) is 0 Å². The highest BCUT2D eigenvalue weighted by molar-refractivity contribution is 5.95. The maximum atomic E-state index is 13.1. The van der Waals surface area contributed by atoms with E-state index in [1.54, 1.807) is 32.4 Å². The predicted molar refractivity (Wildman–Crippen MR) is 99.9 cm³/mol. The molecule has 2 aromatic rings. The molecule has 1 amide bonds. The van der Waals surface area contributed by atoms with Crippen LogP contribution in [0.1, 0.15) is 35.3 Å². The zero-order chi connectivity index (χ0) is 19.2. The standard InChI is InChI=1S/C21H23NO5/c1-21(2)11-22(10-14-8-17(24-3)18(25-4)9-15(14)21)20(23)13-5-6-16-19(7-13)27-12-26-16/h5-9H,10-12H2,1-4H3. The Morgan fingerprint density at radius 2 is 1.74 bits per heavy atom. The van der Waals surface area contributed by atoms with E-state index >= 15 is 0 Å². The van der Waals surface area contributed by atoms with E-state index in [0.717, 1.165) is 5.56 Å². The van der Waals surface area contributed by atoms with Crippen LogP contribution in [0, 0.1) is 0 Å². The van der Waals surface area contributed by atoms with Gasteiger partial charge in [-0.15, -0.1) is 0 Å². The molecule has 4 rings (SSSR count). The maximum absolute atomic E-state index is 13.1. The molecule has 2 heterocycles. The number of carbonyl (C=O) groups excluding carboxylic acids is 1. The lowest BCUT2D eigenvalue weighted by Crippen LogP contribution is -2.45. The first kappa shape index (κ1) is 17.5. The number of benzene rings is 2. The first-order valence-corrected chi connectivity index (χ1v) is 8.87. The molecule has 0 N–H and O–H groups in total. The highest BCUT2D eigenvalue weighted by Crippen LogP contribution is 2.41. The van der Waals surface area contributed by atoms with Crippen LogP contribution in [0.4, 0.5) is 0 Å². The van der Waals surface area contributed by atoms with Gasteiger partial charge in [-0.05, 0) is 41.5 Å². The van der Waals surface area contributed by atoms with Crippen molar-refractivity contribution in [3.63, 3.8) is 0 Å². The van der Waals surface area contributed by atoms with E-state index in [1.807, 2.05) is 17.0 Å². The Morgan fingerprint density at radius 1 is 1.04 bits per heavy atom. The van der Waals surface area contributed by atoms with Crippen molar-refractivity contribution < 1.29 is 23.7 Å². The minimum atomic E-state index is -0.209. The van der Waals surface area contributed by atoms with Gasteiger partial charge in [0.15, 0.2) is 23.0 Å². The number of fused-ring (bicyclic) bond motifs is 2. The van der Waals surface area contributed by atoms with E-state index in [9.17, 15) is 4.79 Å². The van der Waals surface area contributed by atoms with Crippen LogP contribution in [0.5, 0.6) is 23.0 Å². The van der Waals surface area contributed by atoms with Gasteiger partial charge in [0.1, 0.15) is 0 Å². The average molecular weight is 369 g/mol. The van der Waals surface area contributed by atoms with Gasteiger partial charge in [0, 0.05) is 24.1 Å². The molecule has 0 fully saturated rings. The monoisotopic (exact) mass is 369 g/mol. The molecule has 2 aliphatic heterocycles. The summed E-state index contributed by atoms with van der Waals surface area (Å²) < 4.78 is 21.6. The molecule has 0 spiro atoms. The highest BCUT2D eigenvalue weighted by atomic mass is 16.7. The summed E-state index contributed by atoms with van der Waals surface area (Å²) in [5, 5.41) is 0. The van der Waals surface area contributed by atoms with Gasteiger partial charge in [0.25, 0.3) is 5.91 Å². The molecular weight excluding hydrogens is 346 g/mol. The van der Waals surface area contributed by atoms with Crippen molar-refractivity contribution >= 4 is 5.91 Å². The Balaban J connectivity index is 1.68. The molecule has 6 heteroatoms. The first-order chi connectivity index (χ1) is 12.9. The largest absolute Gasteiger partial charge is 0.493 e. The van der Waals surface area contributed by atoms with Crippen LogP contribution >= 0.6 is 0 Å². The molecule has 0 bridgehead atoms. The highest BCUT2D eigenvalue weighted by Gasteiger charge is 2.35. The van der Waals surface area contributed by atoms with E-state index in [2.05, 4.69) is 13.8 Å². The van der Waals surface area contributed by atoms with Gasteiger partial charge in [-0.3, -0.25) is 4.79 Å². The lowest BCUT2D eigenvalue weighted by Gasteiger charge is -2.40. The van der Waals surface area contributed by atoms with Crippen LogP contribution in [0.2, 0.25) is 0 Å². The molecule has 0 saturated carbocycles. The third-order valence-corrected chi connectivity index (χ3v) is 5.19. The molecule has 0 aliphatic carbocycles. The number of amides is 1. The number of carbonyl (C=O) groups is 1. The number of methoxy groups -OCH3 is 2. The van der Waals surface area contributed by atoms with Crippen molar-refractivity contribution in [3.8, 4) is 23.0 Å². The van der Waals surface area contributed by atoms with Gasteiger partial charge in [-0.25, -0.2) is 0 Å². The SMILES string of the molecule is COc1cc2c(cc1OC)C(C)(C)CN(C(=O)c1ccc3c(c1)OCO3)C2. The second kappa shape index (κ2) is 6.37. The Kier molecular flexibility index (Phi) is 4.13. The third kappa shape index (κ3) is 2.95. The van der Waals surface area contributed by atoms with E-state index in [-0.39, 0.29) is 18.1 Å². The van der Waals surface area contributed by atoms with E-state index < -0.39 is 0 Å². The molecule has 0 atom stereocenters. The van der Waals surface area contributed by atoms with Crippen LogP contribution < -0.4 is 18.9 Å². The third-order valence-electron chi connectivity index (χ3n) is 5.19. The molecule has 6 nitrogen and oxygen atoms in total. The zero-order valence-electron chi connectivity index (χ0n) is 16.0. The average Bonchev–Trinajstić information content (AvgIpc) is 3.13. The van der Waals surface area contributed by atoms with Crippen molar-refractivity contribution in [3.05, 3.63) is 47.0 Å². The summed E-state index contributed by atoms with van der Waals surface area (Å²) in [6.07, 6.45) is 0. The quantitative estimate of drug-likeness (QED) is 0.830. The second-order valence-electron chi connectivity index (χ2n) is 7.48. The van der Waals surface area contributed by atoms with Crippen molar-refractivity contribution in [1.82, 2.24) is 4.90 Å². The van der Waals surface area contributed by atoms with Crippen molar-refractivity contribution in [1.29, 1.82) is 0 Å². The normalized spacial score (nSPS) is 16.7. The van der Waals surface area contributed by atoms with Crippen LogP contribution in [0.15, 0.2) is 30.3 Å². The minimum Gasteiger partial charge on any atom is -0.493 e. The summed E-state index contributed by atoms with van der Waals surface area (Å²) in [6, 6.07) is 9.31. The Morgan fingerprint density at radius 3 is 2.48 bits per heavy atom. The molecule has 2 aromatic carbocycles. The number of hydrogen-bond acceptors (Lipinski definition) is 5. The minimum absolute atomic E-state index is 0.0261. The van der Waals surface area contributed by atoms with E-state index in [4.69, 9.17) is 18.9 Å². The van der Waals surface area contributed by atoms with Gasteiger partial charge in [0.2, 0.25) is 6.79 Å². The summed E-state index contributed by atoms with van der Waals surface area (Å²) >= 11 is 0. The van der Waals surface area contributed by atoms with Crippen LogP contribution in [0.3, 0.4) is 0 Å². The first-order valence-electron chi connectivity index (χ1n) is 8.87. The van der Waals surface area contributed by atoms with Crippen molar-refractivity contribution in [2.45, 2.75) is 25.8 Å². The lowest BCUT2D eigenvalue weighted by atomic mass is 9.78. The van der Waals surface area contributed by atoms with Crippen LogP contribution in [-0.4, -0.2) is 38.4 Å². The Bertz CT molecular complexity index is 906. The summed E-state index contributed by atoms with van der Waals surface area (Å²) in [6.45, 7) is 5.60. The number of nitrogens with zero attached hydrogens (tertiary/aromatic N) is 1. The molecule has 27 heavy (non-hydrogen) atoms. The molecule has 2 aliphatic rings. The summed E-state index contributed by atoms with van der Waals surface area (Å²) in [5.74, 6) is 2.64. The molecule has 0 saturated heterocycles. The Hall–Kier alpha value is -2.89. The molecule has 0 aromatic heterocycles.